The summed E-state index contributed by atoms with van der Waals surface area (Å²) in [6.07, 6.45) is 0. The van der Waals surface area contributed by atoms with Crippen LogP contribution in [0, 0.1) is 17.8 Å². The van der Waals surface area contributed by atoms with Crippen molar-refractivity contribution in [1.82, 2.24) is 4.90 Å². The number of fused-ring (bicyclic) bond motifs is 1. The zero-order chi connectivity index (χ0) is 11.1. The van der Waals surface area contributed by atoms with Crippen molar-refractivity contribution < 1.29 is 0 Å². The minimum absolute atomic E-state index is 0.808. The maximum atomic E-state index is 6.16. The summed E-state index contributed by atoms with van der Waals surface area (Å²) >= 11 is 6.16. The molecule has 3 rings (SSSR count). The van der Waals surface area contributed by atoms with Gasteiger partial charge >= 0.3 is 0 Å². The minimum Gasteiger partial charge on any atom is -0.330 e. The fraction of sp³-hybridized carbons (Fsp3) is 0.538. The number of piperidine rings is 1. The predicted octanol–water partition coefficient (Wildman–Crippen LogP) is 1.98. The molecular weight excluding hydrogens is 220 g/mol. The molecule has 0 amide bonds. The molecule has 0 radical (unpaired) electrons. The zero-order valence-electron chi connectivity index (χ0n) is 9.27. The van der Waals surface area contributed by atoms with Crippen molar-refractivity contribution in [3.05, 3.63) is 34.9 Å². The number of likely N-dealkylation sites (tertiary alicyclic amines) is 1. The Hall–Kier alpha value is -0.570. The molecule has 1 aliphatic carbocycles. The minimum atomic E-state index is 0.808. The molecule has 2 nitrogen and oxygen atoms in total. The van der Waals surface area contributed by atoms with E-state index in [0.29, 0.717) is 0 Å². The molecule has 0 aromatic heterocycles. The number of benzene rings is 1. The lowest BCUT2D eigenvalue weighted by Crippen LogP contribution is -2.25. The van der Waals surface area contributed by atoms with Crippen LogP contribution in [0.3, 0.4) is 0 Å². The van der Waals surface area contributed by atoms with Crippen LogP contribution in [-0.4, -0.2) is 24.5 Å². The molecule has 3 heteroatoms. The SMILES string of the molecule is NCC1C2CN(Cc3ccccc3Cl)CC12. The Bertz CT molecular complexity index is 381. The molecular formula is C13H17ClN2. The van der Waals surface area contributed by atoms with E-state index in [1.807, 2.05) is 12.1 Å². The number of hydrogen-bond donors (Lipinski definition) is 1. The molecule has 2 aliphatic rings. The van der Waals surface area contributed by atoms with Crippen molar-refractivity contribution in [2.24, 2.45) is 23.5 Å². The fourth-order valence-electron chi connectivity index (χ4n) is 3.08. The third kappa shape index (κ3) is 1.75. The highest BCUT2D eigenvalue weighted by atomic mass is 35.5. The smallest absolute Gasteiger partial charge is 0.0451 e. The van der Waals surface area contributed by atoms with E-state index in [1.54, 1.807) is 0 Å². The summed E-state index contributed by atoms with van der Waals surface area (Å²) < 4.78 is 0. The Morgan fingerprint density at radius 3 is 2.56 bits per heavy atom. The van der Waals surface area contributed by atoms with Crippen molar-refractivity contribution >= 4 is 11.6 Å². The number of hydrogen-bond acceptors (Lipinski definition) is 2. The van der Waals surface area contributed by atoms with Crippen molar-refractivity contribution in [2.75, 3.05) is 19.6 Å². The van der Waals surface area contributed by atoms with Crippen molar-refractivity contribution in [3.63, 3.8) is 0 Å². The molecule has 1 saturated carbocycles. The third-order valence-corrected chi connectivity index (χ3v) is 4.44. The molecule has 1 aliphatic heterocycles. The molecule has 86 valence electrons. The lowest BCUT2D eigenvalue weighted by molar-refractivity contribution is 0.279. The van der Waals surface area contributed by atoms with Gasteiger partial charge in [-0.15, -0.1) is 0 Å². The van der Waals surface area contributed by atoms with Crippen molar-refractivity contribution in [1.29, 1.82) is 0 Å². The monoisotopic (exact) mass is 236 g/mol. The summed E-state index contributed by atoms with van der Waals surface area (Å²) in [4.78, 5) is 2.50. The van der Waals surface area contributed by atoms with E-state index in [4.69, 9.17) is 17.3 Å². The van der Waals surface area contributed by atoms with Crippen LogP contribution in [0.2, 0.25) is 5.02 Å². The third-order valence-electron chi connectivity index (χ3n) is 4.07. The molecule has 1 saturated heterocycles. The van der Waals surface area contributed by atoms with E-state index in [-0.39, 0.29) is 0 Å². The van der Waals surface area contributed by atoms with Crippen LogP contribution in [0.5, 0.6) is 0 Å². The maximum Gasteiger partial charge on any atom is 0.0451 e. The highest BCUT2D eigenvalue weighted by Crippen LogP contribution is 2.51. The van der Waals surface area contributed by atoms with Gasteiger partial charge in [-0.1, -0.05) is 29.8 Å². The largest absolute Gasteiger partial charge is 0.330 e. The lowest BCUT2D eigenvalue weighted by atomic mass is 10.2. The van der Waals surface area contributed by atoms with Gasteiger partial charge in [-0.2, -0.15) is 0 Å². The van der Waals surface area contributed by atoms with Gasteiger partial charge < -0.3 is 5.73 Å². The second kappa shape index (κ2) is 4.02. The van der Waals surface area contributed by atoms with Gasteiger partial charge in [0.25, 0.3) is 0 Å². The number of nitrogens with two attached hydrogens (primary N) is 1. The maximum absolute atomic E-state index is 6.16. The zero-order valence-corrected chi connectivity index (χ0v) is 10.0. The van der Waals surface area contributed by atoms with E-state index >= 15 is 0 Å². The van der Waals surface area contributed by atoms with Crippen LogP contribution in [-0.2, 0) is 6.54 Å². The van der Waals surface area contributed by atoms with Crippen LogP contribution in [0.4, 0.5) is 0 Å². The second-order valence-electron chi connectivity index (χ2n) is 5.01. The van der Waals surface area contributed by atoms with Crippen molar-refractivity contribution in [3.8, 4) is 0 Å². The van der Waals surface area contributed by atoms with E-state index < -0.39 is 0 Å². The summed E-state index contributed by atoms with van der Waals surface area (Å²) in [5.74, 6) is 2.54. The Balaban J connectivity index is 1.60. The molecule has 1 heterocycles. The van der Waals surface area contributed by atoms with E-state index in [2.05, 4.69) is 17.0 Å². The second-order valence-corrected chi connectivity index (χ2v) is 5.42. The van der Waals surface area contributed by atoms with Crippen LogP contribution in [0.25, 0.3) is 0 Å². The van der Waals surface area contributed by atoms with Gasteiger partial charge in [-0.05, 0) is 35.9 Å². The Morgan fingerprint density at radius 2 is 1.94 bits per heavy atom. The predicted molar refractivity (Wildman–Crippen MR) is 66.3 cm³/mol. The van der Waals surface area contributed by atoms with Gasteiger partial charge in [0, 0.05) is 24.7 Å². The first-order chi connectivity index (χ1) is 7.79. The van der Waals surface area contributed by atoms with E-state index in [9.17, 15) is 0 Å². The molecule has 0 spiro atoms. The molecule has 2 unspecified atom stereocenters. The topological polar surface area (TPSA) is 29.3 Å². The van der Waals surface area contributed by atoms with Gasteiger partial charge in [-0.3, -0.25) is 4.90 Å². The summed E-state index contributed by atoms with van der Waals surface area (Å²) in [5, 5.41) is 0.887. The van der Waals surface area contributed by atoms with Gasteiger partial charge in [0.15, 0.2) is 0 Å². The lowest BCUT2D eigenvalue weighted by Gasteiger charge is -2.19. The molecule has 2 fully saturated rings. The number of rotatable bonds is 3. The average Bonchev–Trinajstić information content (AvgIpc) is 2.76. The standard InChI is InChI=1S/C13H17ClN2/c14-13-4-2-1-3-9(13)6-16-7-11-10(5-15)12(11)8-16/h1-4,10-12H,5-8,15H2. The highest BCUT2D eigenvalue weighted by molar-refractivity contribution is 6.31. The Morgan fingerprint density at radius 1 is 1.25 bits per heavy atom. The molecule has 2 atom stereocenters. The van der Waals surface area contributed by atoms with Gasteiger partial charge in [0.05, 0.1) is 0 Å². The van der Waals surface area contributed by atoms with Crippen LogP contribution >= 0.6 is 11.6 Å². The quantitative estimate of drug-likeness (QED) is 0.870. The number of nitrogens with zero attached hydrogens (tertiary/aromatic N) is 1. The first-order valence-corrected chi connectivity index (χ1v) is 6.33. The molecule has 1 aromatic rings. The Labute approximate surface area is 101 Å². The average molecular weight is 237 g/mol. The van der Waals surface area contributed by atoms with E-state index in [1.165, 1.54) is 18.7 Å². The normalized spacial score (nSPS) is 32.8. The van der Waals surface area contributed by atoms with Gasteiger partial charge in [-0.25, -0.2) is 0 Å². The summed E-state index contributed by atoms with van der Waals surface area (Å²) in [5.41, 5.74) is 6.95. The molecule has 2 N–H and O–H groups in total. The summed E-state index contributed by atoms with van der Waals surface area (Å²) in [6.45, 7) is 4.27. The first-order valence-electron chi connectivity index (χ1n) is 5.95. The number of halogens is 1. The molecule has 1 aromatic carbocycles. The van der Waals surface area contributed by atoms with Gasteiger partial charge in [0.2, 0.25) is 0 Å². The fourth-order valence-corrected chi connectivity index (χ4v) is 3.28. The summed E-state index contributed by atoms with van der Waals surface area (Å²) in [6, 6.07) is 8.13. The Kier molecular flexibility index (Phi) is 2.66. The van der Waals surface area contributed by atoms with Crippen molar-refractivity contribution in [2.45, 2.75) is 6.54 Å². The van der Waals surface area contributed by atoms with Gasteiger partial charge in [0.1, 0.15) is 0 Å². The van der Waals surface area contributed by atoms with Crippen LogP contribution < -0.4 is 5.73 Å². The van der Waals surface area contributed by atoms with Crippen LogP contribution in [0.15, 0.2) is 24.3 Å². The van der Waals surface area contributed by atoms with Crippen LogP contribution in [0.1, 0.15) is 5.56 Å². The summed E-state index contributed by atoms with van der Waals surface area (Å²) in [7, 11) is 0. The highest BCUT2D eigenvalue weighted by Gasteiger charge is 2.54. The molecule has 16 heavy (non-hydrogen) atoms. The first kappa shape index (κ1) is 10.6. The van der Waals surface area contributed by atoms with E-state index in [0.717, 1.165) is 35.9 Å². The molecule has 0 bridgehead atoms.